The Labute approximate surface area is 208 Å². The monoisotopic (exact) mass is 502 g/mol. The number of hydrogen-bond acceptors (Lipinski definition) is 7. The van der Waals surface area contributed by atoms with Gasteiger partial charge in [0.05, 0.1) is 31.8 Å². The second-order valence-electron chi connectivity index (χ2n) is 8.67. The molecule has 0 N–H and O–H groups in total. The molecule has 2 aromatic heterocycles. The first-order valence-electron chi connectivity index (χ1n) is 11.9. The lowest BCUT2D eigenvalue weighted by molar-refractivity contribution is -0.0772. The normalized spacial score (nSPS) is 17.8. The Hall–Kier alpha value is -3.44. The molecule has 1 aromatic carbocycles. The molecule has 194 valence electrons. The molecule has 3 heterocycles. The summed E-state index contributed by atoms with van der Waals surface area (Å²) in [5.74, 6) is -1.58. The summed E-state index contributed by atoms with van der Waals surface area (Å²) in [7, 11) is 4.54. The minimum atomic E-state index is -0.684. The summed E-state index contributed by atoms with van der Waals surface area (Å²) >= 11 is 0. The highest BCUT2D eigenvalue weighted by Gasteiger charge is 2.38. The van der Waals surface area contributed by atoms with Crippen LogP contribution >= 0.6 is 0 Å². The van der Waals surface area contributed by atoms with Gasteiger partial charge in [0, 0.05) is 43.9 Å². The molecule has 36 heavy (non-hydrogen) atoms. The Balaban J connectivity index is 1.98. The maximum Gasteiger partial charge on any atom is 0.414 e. The third-order valence-electron chi connectivity index (χ3n) is 6.34. The first kappa shape index (κ1) is 25.6. The van der Waals surface area contributed by atoms with Gasteiger partial charge < -0.3 is 18.5 Å². The number of aryl methyl sites for hydroxylation is 1. The topological polar surface area (TPSA) is 99.3 Å². The highest BCUT2D eigenvalue weighted by Crippen LogP contribution is 2.41. The van der Waals surface area contributed by atoms with Crippen LogP contribution in [-0.4, -0.2) is 66.1 Å². The minimum absolute atomic E-state index is 0.0690. The average Bonchev–Trinajstić information content (AvgIpc) is 3.48. The van der Waals surface area contributed by atoms with Crippen LogP contribution in [0.5, 0.6) is 0 Å². The Morgan fingerprint density at radius 3 is 2.72 bits per heavy atom. The molecule has 1 aliphatic heterocycles. The predicted octanol–water partition coefficient (Wildman–Crippen LogP) is 4.53. The molecule has 0 saturated carbocycles. The van der Waals surface area contributed by atoms with Crippen LogP contribution in [0.4, 0.5) is 14.9 Å². The molecule has 11 heteroatoms. The van der Waals surface area contributed by atoms with Crippen LogP contribution in [0.1, 0.15) is 43.7 Å². The van der Waals surface area contributed by atoms with E-state index in [0.717, 1.165) is 11.5 Å². The molecule has 0 aliphatic carbocycles. The number of aromatic nitrogens is 2. The average molecular weight is 503 g/mol. The number of hydroxylamine groups is 2. The van der Waals surface area contributed by atoms with Gasteiger partial charge in [-0.25, -0.2) is 19.2 Å². The fourth-order valence-corrected chi connectivity index (χ4v) is 4.46. The van der Waals surface area contributed by atoms with E-state index in [-0.39, 0.29) is 41.2 Å². The number of halogens is 1. The van der Waals surface area contributed by atoms with E-state index in [0.29, 0.717) is 30.7 Å². The zero-order chi connectivity index (χ0) is 26.0. The molecule has 4 rings (SSSR count). The summed E-state index contributed by atoms with van der Waals surface area (Å²) in [6.07, 6.45) is 4.43. The van der Waals surface area contributed by atoms with E-state index in [1.165, 1.54) is 25.1 Å². The number of carbonyl (C=O) groups is 2. The van der Waals surface area contributed by atoms with E-state index < -0.39 is 17.8 Å². The smallest absolute Gasteiger partial charge is 0.414 e. The van der Waals surface area contributed by atoms with Crippen molar-refractivity contribution in [3.8, 4) is 11.3 Å². The highest BCUT2D eigenvalue weighted by atomic mass is 19.1. The maximum absolute atomic E-state index is 15.4. The van der Waals surface area contributed by atoms with Crippen molar-refractivity contribution >= 4 is 28.7 Å². The standard InChI is InChI=1S/C25H31FN4O6/c1-6-17-12-16(8-9-35-17)30(25(32)34-7-2)21-18-10-15(20-13-28(3)14-27-20)11-19(26)22(18)36-23(21)24(31)29(4)33-5/h10-11,13-14,16-17H,6-9,12H2,1-5H3/t16-,17?/m0/s1. The molecule has 2 atom stereocenters. The van der Waals surface area contributed by atoms with Crippen LogP contribution in [0.15, 0.2) is 29.1 Å². The van der Waals surface area contributed by atoms with Crippen molar-refractivity contribution in [1.82, 2.24) is 14.6 Å². The summed E-state index contributed by atoms with van der Waals surface area (Å²) in [5.41, 5.74) is 0.998. The number of nitrogens with zero attached hydrogens (tertiary/aromatic N) is 4. The lowest BCUT2D eigenvalue weighted by Crippen LogP contribution is -2.46. The van der Waals surface area contributed by atoms with E-state index in [1.807, 2.05) is 14.0 Å². The van der Waals surface area contributed by atoms with Crippen LogP contribution in [0.2, 0.25) is 0 Å². The minimum Gasteiger partial charge on any atom is -0.449 e. The molecule has 2 amide bonds. The Morgan fingerprint density at radius 1 is 1.31 bits per heavy atom. The van der Waals surface area contributed by atoms with E-state index in [2.05, 4.69) is 4.98 Å². The highest BCUT2D eigenvalue weighted by molar-refractivity contribution is 6.11. The summed E-state index contributed by atoms with van der Waals surface area (Å²) < 4.78 is 34.2. The molecule has 1 unspecified atom stereocenters. The first-order chi connectivity index (χ1) is 17.3. The molecule has 0 radical (unpaired) electrons. The molecule has 1 fully saturated rings. The number of carbonyl (C=O) groups excluding carboxylic acids is 2. The van der Waals surface area contributed by atoms with Crippen LogP contribution in [0, 0.1) is 5.82 Å². The van der Waals surface area contributed by atoms with Crippen molar-refractivity contribution in [3.05, 3.63) is 36.2 Å². The van der Waals surface area contributed by atoms with Crippen LogP contribution in [0.25, 0.3) is 22.2 Å². The molecule has 1 saturated heterocycles. The summed E-state index contributed by atoms with van der Waals surface area (Å²) in [4.78, 5) is 37.5. The molecular formula is C25H31FN4O6. The lowest BCUT2D eigenvalue weighted by atomic mass is 9.98. The molecular weight excluding hydrogens is 471 g/mol. The number of amides is 2. The van der Waals surface area contributed by atoms with Crippen molar-refractivity contribution < 1.29 is 32.7 Å². The first-order valence-corrected chi connectivity index (χ1v) is 11.9. The zero-order valence-electron chi connectivity index (χ0n) is 21.1. The van der Waals surface area contributed by atoms with Crippen LogP contribution in [-0.2, 0) is 21.4 Å². The largest absolute Gasteiger partial charge is 0.449 e. The number of anilines is 1. The number of rotatable bonds is 7. The molecule has 3 aromatic rings. The maximum atomic E-state index is 15.4. The number of hydrogen-bond donors (Lipinski definition) is 0. The number of fused-ring (bicyclic) bond motifs is 1. The molecule has 10 nitrogen and oxygen atoms in total. The van der Waals surface area contributed by atoms with Crippen LogP contribution < -0.4 is 4.90 Å². The molecule has 0 bridgehead atoms. The van der Waals surface area contributed by atoms with Crippen molar-refractivity contribution in [2.75, 3.05) is 32.3 Å². The SMILES string of the molecule is CCOC(=O)N(c1c(C(=O)N(C)OC)oc2c(F)cc(-c3cn(C)cn3)cc12)[C@H]1CCOC(CC)C1. The zero-order valence-corrected chi connectivity index (χ0v) is 21.1. The second-order valence-corrected chi connectivity index (χ2v) is 8.67. The number of imidazole rings is 1. The van der Waals surface area contributed by atoms with Crippen molar-refractivity contribution in [2.24, 2.45) is 7.05 Å². The number of ether oxygens (including phenoxy) is 2. The van der Waals surface area contributed by atoms with Gasteiger partial charge in [0.15, 0.2) is 11.4 Å². The van der Waals surface area contributed by atoms with Crippen molar-refractivity contribution in [3.63, 3.8) is 0 Å². The molecule has 0 spiro atoms. The van der Waals surface area contributed by atoms with Gasteiger partial charge in [0.2, 0.25) is 5.76 Å². The third kappa shape index (κ3) is 4.80. The van der Waals surface area contributed by atoms with E-state index in [4.69, 9.17) is 18.7 Å². The van der Waals surface area contributed by atoms with Gasteiger partial charge in [-0.1, -0.05) is 6.92 Å². The van der Waals surface area contributed by atoms with Gasteiger partial charge in [-0.3, -0.25) is 14.5 Å². The van der Waals surface area contributed by atoms with E-state index in [9.17, 15) is 9.59 Å². The van der Waals surface area contributed by atoms with E-state index in [1.54, 1.807) is 30.1 Å². The van der Waals surface area contributed by atoms with Crippen LogP contribution in [0.3, 0.4) is 0 Å². The number of benzene rings is 1. The second kappa shape index (κ2) is 10.7. The fraction of sp³-hybridized carbons (Fsp3) is 0.480. The fourth-order valence-electron chi connectivity index (χ4n) is 4.46. The van der Waals surface area contributed by atoms with Gasteiger partial charge in [0.25, 0.3) is 0 Å². The van der Waals surface area contributed by atoms with Crippen molar-refractivity contribution in [2.45, 2.75) is 45.3 Å². The van der Waals surface area contributed by atoms with Gasteiger partial charge in [-0.05, 0) is 38.3 Å². The van der Waals surface area contributed by atoms with Gasteiger partial charge >= 0.3 is 12.0 Å². The Morgan fingerprint density at radius 2 is 2.08 bits per heavy atom. The Kier molecular flexibility index (Phi) is 7.60. The Bertz CT molecular complexity index is 1250. The lowest BCUT2D eigenvalue weighted by Gasteiger charge is -2.36. The summed E-state index contributed by atoms with van der Waals surface area (Å²) in [6.45, 7) is 4.27. The van der Waals surface area contributed by atoms with Gasteiger partial charge in [-0.15, -0.1) is 0 Å². The third-order valence-corrected chi connectivity index (χ3v) is 6.34. The van der Waals surface area contributed by atoms with Gasteiger partial charge in [-0.2, -0.15) is 0 Å². The summed E-state index contributed by atoms with van der Waals surface area (Å²) in [5, 5.41) is 1.22. The van der Waals surface area contributed by atoms with Gasteiger partial charge in [0.1, 0.15) is 5.69 Å². The van der Waals surface area contributed by atoms with E-state index >= 15 is 4.39 Å². The molecule has 1 aliphatic rings. The predicted molar refractivity (Wildman–Crippen MR) is 130 cm³/mol. The quantitative estimate of drug-likeness (QED) is 0.438. The summed E-state index contributed by atoms with van der Waals surface area (Å²) in [6, 6.07) is 2.61. The van der Waals surface area contributed by atoms with Crippen molar-refractivity contribution in [1.29, 1.82) is 0 Å². The number of furan rings is 1.